The topological polar surface area (TPSA) is 69.7 Å². The molecule has 1 heterocycles. The van der Waals surface area contributed by atoms with Crippen molar-refractivity contribution in [1.29, 1.82) is 0 Å². The van der Waals surface area contributed by atoms with Gasteiger partial charge in [0.25, 0.3) is 0 Å². The summed E-state index contributed by atoms with van der Waals surface area (Å²) < 4.78 is 26.0. The van der Waals surface area contributed by atoms with Crippen molar-refractivity contribution in [2.75, 3.05) is 35.1 Å². The first kappa shape index (κ1) is 23.1. The molecule has 3 rings (SSSR count). The monoisotopic (exact) mass is 443 g/mol. The molecule has 0 saturated heterocycles. The number of rotatable bonds is 9. The van der Waals surface area contributed by atoms with Gasteiger partial charge in [-0.1, -0.05) is 37.3 Å². The number of hydrogen-bond acceptors (Lipinski definition) is 4. The molecule has 7 heteroatoms. The Kier molecular flexibility index (Phi) is 7.59. The first-order chi connectivity index (χ1) is 14.8. The van der Waals surface area contributed by atoms with Crippen LogP contribution in [0.25, 0.3) is 0 Å². The third kappa shape index (κ3) is 5.79. The van der Waals surface area contributed by atoms with Crippen LogP contribution >= 0.6 is 0 Å². The van der Waals surface area contributed by atoms with E-state index in [1.165, 1.54) is 15.6 Å². The van der Waals surface area contributed by atoms with Crippen LogP contribution in [0.2, 0.25) is 0 Å². The van der Waals surface area contributed by atoms with Crippen molar-refractivity contribution in [3.8, 4) is 0 Å². The van der Waals surface area contributed by atoms with Crippen LogP contribution in [0.5, 0.6) is 0 Å². The van der Waals surface area contributed by atoms with Gasteiger partial charge in [-0.3, -0.25) is 9.10 Å². The summed E-state index contributed by atoms with van der Waals surface area (Å²) >= 11 is 0. The summed E-state index contributed by atoms with van der Waals surface area (Å²) in [5, 5.41) is 2.92. The number of nitrogens with zero attached hydrogens (tertiary/aromatic N) is 2. The molecule has 1 aliphatic rings. The summed E-state index contributed by atoms with van der Waals surface area (Å²) in [6.07, 6.45) is 5.06. The Labute approximate surface area is 186 Å². The third-order valence-electron chi connectivity index (χ3n) is 5.80. The molecule has 0 spiro atoms. The second kappa shape index (κ2) is 10.2. The van der Waals surface area contributed by atoms with E-state index in [1.54, 1.807) is 19.1 Å². The Morgan fingerprint density at radius 2 is 1.87 bits per heavy atom. The molecule has 0 radical (unpaired) electrons. The van der Waals surface area contributed by atoms with Crippen molar-refractivity contribution < 1.29 is 13.2 Å². The fraction of sp³-hybridized carbons (Fsp3) is 0.458. The number of hydrogen-bond donors (Lipinski definition) is 1. The summed E-state index contributed by atoms with van der Waals surface area (Å²) in [7, 11) is -3.60. The highest BCUT2D eigenvalue weighted by Crippen LogP contribution is 2.26. The predicted octanol–water partition coefficient (Wildman–Crippen LogP) is 3.36. The zero-order valence-electron chi connectivity index (χ0n) is 18.7. The highest BCUT2D eigenvalue weighted by atomic mass is 32.2. The molecule has 1 amide bonds. The molecule has 2 aromatic rings. The molecule has 0 aromatic heterocycles. The van der Waals surface area contributed by atoms with Crippen LogP contribution in [0.3, 0.4) is 0 Å². The number of para-hydroxylation sites is 1. The van der Waals surface area contributed by atoms with Gasteiger partial charge in [-0.05, 0) is 61.9 Å². The van der Waals surface area contributed by atoms with Gasteiger partial charge in [-0.2, -0.15) is 0 Å². The molecule has 0 fully saturated rings. The molecule has 1 atom stereocenters. The van der Waals surface area contributed by atoms with E-state index in [4.69, 9.17) is 0 Å². The Balaban J connectivity index is 1.57. The lowest BCUT2D eigenvalue weighted by atomic mass is 10.0. The van der Waals surface area contributed by atoms with E-state index in [-0.39, 0.29) is 5.91 Å². The second-order valence-electron chi connectivity index (χ2n) is 8.12. The molecule has 0 aliphatic carbocycles. The van der Waals surface area contributed by atoms with E-state index in [0.717, 1.165) is 50.6 Å². The van der Waals surface area contributed by atoms with Gasteiger partial charge < -0.3 is 10.2 Å². The molecule has 0 bridgehead atoms. The van der Waals surface area contributed by atoms with Crippen LogP contribution in [0.4, 0.5) is 11.4 Å². The largest absolute Gasteiger partial charge is 0.371 e. The maximum atomic E-state index is 12.7. The van der Waals surface area contributed by atoms with Gasteiger partial charge in [0.15, 0.2) is 0 Å². The minimum Gasteiger partial charge on any atom is -0.371 e. The Morgan fingerprint density at radius 3 is 2.55 bits per heavy atom. The van der Waals surface area contributed by atoms with Crippen LogP contribution in [-0.2, 0) is 27.7 Å². The fourth-order valence-electron chi connectivity index (χ4n) is 4.16. The summed E-state index contributed by atoms with van der Waals surface area (Å²) in [6.45, 7) is 6.07. The summed E-state index contributed by atoms with van der Waals surface area (Å²) in [6, 6.07) is 15.0. The van der Waals surface area contributed by atoms with Crippen molar-refractivity contribution in [3.63, 3.8) is 0 Å². The Hall–Kier alpha value is -2.54. The quantitative estimate of drug-likeness (QED) is 0.604. The SMILES string of the molecule is CCc1ccc(N([C@@H](C)C(=O)NCCCN2CCCc3ccccc32)S(C)(=O)=O)cc1. The van der Waals surface area contributed by atoms with Gasteiger partial charge >= 0.3 is 0 Å². The number of anilines is 2. The molecule has 1 N–H and O–H groups in total. The summed E-state index contributed by atoms with van der Waals surface area (Å²) in [5.41, 5.74) is 4.29. The highest BCUT2D eigenvalue weighted by molar-refractivity contribution is 7.92. The Morgan fingerprint density at radius 1 is 1.16 bits per heavy atom. The minimum atomic E-state index is -3.60. The molecule has 0 unspecified atom stereocenters. The van der Waals surface area contributed by atoms with Crippen LogP contribution in [0, 0.1) is 0 Å². The number of amides is 1. The van der Waals surface area contributed by atoms with Crippen molar-refractivity contribution in [3.05, 3.63) is 59.7 Å². The molecule has 1 aliphatic heterocycles. The number of nitrogens with one attached hydrogen (secondary N) is 1. The molecule has 6 nitrogen and oxygen atoms in total. The number of carbonyl (C=O) groups excluding carboxylic acids is 1. The van der Waals surface area contributed by atoms with Crippen LogP contribution in [0.15, 0.2) is 48.5 Å². The molecular weight excluding hydrogens is 410 g/mol. The number of carbonyl (C=O) groups is 1. The van der Waals surface area contributed by atoms with Crippen LogP contribution in [0.1, 0.15) is 37.8 Å². The number of aryl methyl sites for hydroxylation is 2. The summed E-state index contributed by atoms with van der Waals surface area (Å²) in [5.74, 6) is -0.288. The Bertz CT molecular complexity index is 989. The molecule has 0 saturated carbocycles. The zero-order valence-corrected chi connectivity index (χ0v) is 19.5. The predicted molar refractivity (Wildman–Crippen MR) is 127 cm³/mol. The number of benzene rings is 2. The van der Waals surface area contributed by atoms with E-state index >= 15 is 0 Å². The van der Waals surface area contributed by atoms with Gasteiger partial charge in [-0.15, -0.1) is 0 Å². The smallest absolute Gasteiger partial charge is 0.243 e. The fourth-order valence-corrected chi connectivity index (χ4v) is 5.34. The molecule has 168 valence electrons. The van der Waals surface area contributed by atoms with E-state index in [9.17, 15) is 13.2 Å². The first-order valence-electron chi connectivity index (χ1n) is 11.0. The van der Waals surface area contributed by atoms with Crippen molar-refractivity contribution >= 4 is 27.3 Å². The van der Waals surface area contributed by atoms with E-state index in [0.29, 0.717) is 12.2 Å². The highest BCUT2D eigenvalue weighted by Gasteiger charge is 2.29. The summed E-state index contributed by atoms with van der Waals surface area (Å²) in [4.78, 5) is 15.1. The van der Waals surface area contributed by atoms with Crippen LogP contribution in [-0.4, -0.2) is 46.3 Å². The molecular formula is C24H33N3O3S. The lowest BCUT2D eigenvalue weighted by Gasteiger charge is -2.31. The number of fused-ring (bicyclic) bond motifs is 1. The minimum absolute atomic E-state index is 0.288. The van der Waals surface area contributed by atoms with Crippen molar-refractivity contribution in [1.82, 2.24) is 5.32 Å². The van der Waals surface area contributed by atoms with Gasteiger partial charge in [-0.25, -0.2) is 8.42 Å². The normalized spacial score (nSPS) is 14.6. The van der Waals surface area contributed by atoms with Crippen molar-refractivity contribution in [2.24, 2.45) is 0 Å². The standard InChI is InChI=1S/C24H33N3O3S/c1-4-20-12-14-22(15-13-20)27(31(3,29)30)19(2)24(28)25-16-8-18-26-17-7-10-21-9-5-6-11-23(21)26/h5-6,9,11-15,19H,4,7-8,10,16-18H2,1-3H3,(H,25,28)/t19-/m0/s1. The van der Waals surface area contributed by atoms with E-state index in [2.05, 4.69) is 34.5 Å². The first-order valence-corrected chi connectivity index (χ1v) is 12.8. The lowest BCUT2D eigenvalue weighted by Crippen LogP contribution is -2.48. The van der Waals surface area contributed by atoms with Crippen LogP contribution < -0.4 is 14.5 Å². The maximum Gasteiger partial charge on any atom is 0.243 e. The lowest BCUT2D eigenvalue weighted by molar-refractivity contribution is -0.121. The third-order valence-corrected chi connectivity index (χ3v) is 7.04. The van der Waals surface area contributed by atoms with E-state index < -0.39 is 16.1 Å². The second-order valence-corrected chi connectivity index (χ2v) is 9.98. The molecule has 2 aromatic carbocycles. The number of sulfonamides is 1. The zero-order chi connectivity index (χ0) is 22.4. The van der Waals surface area contributed by atoms with Gasteiger partial charge in [0.1, 0.15) is 6.04 Å². The average Bonchev–Trinajstić information content (AvgIpc) is 2.76. The van der Waals surface area contributed by atoms with Crippen molar-refractivity contribution in [2.45, 2.75) is 45.6 Å². The van der Waals surface area contributed by atoms with E-state index in [1.807, 2.05) is 19.1 Å². The van der Waals surface area contributed by atoms with Gasteiger partial charge in [0, 0.05) is 25.3 Å². The van der Waals surface area contributed by atoms with Gasteiger partial charge in [0.2, 0.25) is 15.9 Å². The maximum absolute atomic E-state index is 12.7. The molecule has 31 heavy (non-hydrogen) atoms. The van der Waals surface area contributed by atoms with Gasteiger partial charge in [0.05, 0.1) is 11.9 Å². The average molecular weight is 444 g/mol.